The molecule has 2 aromatic rings. The molecule has 21 heavy (non-hydrogen) atoms. The number of aryl methyl sites for hydroxylation is 1. The molecule has 0 saturated carbocycles. The van der Waals surface area contributed by atoms with E-state index < -0.39 is 0 Å². The molecule has 1 heterocycles. The number of rotatable bonds is 7. The lowest BCUT2D eigenvalue weighted by atomic mass is 10.1. The van der Waals surface area contributed by atoms with Crippen molar-refractivity contribution in [3.8, 4) is 17.0 Å². The topological polar surface area (TPSA) is 56.3 Å². The number of nitrogens with zero attached hydrogens (tertiary/aromatic N) is 2. The Bertz CT molecular complexity index is 587. The van der Waals surface area contributed by atoms with Crippen LogP contribution in [0.1, 0.15) is 12.6 Å². The fourth-order valence-corrected chi connectivity index (χ4v) is 1.98. The second-order valence-corrected chi connectivity index (χ2v) is 4.59. The molecule has 0 amide bonds. The Kier molecular flexibility index (Phi) is 5.51. The van der Waals surface area contributed by atoms with Crippen molar-refractivity contribution in [1.82, 2.24) is 9.97 Å². The standard InChI is InChI=1S/C16H21N3O2/c1-4-17-16-18-12(2)11-14(19-16)13-7-5-6-8-15(13)21-10-9-20-3/h5-8,11H,4,9-10H2,1-3H3,(H,17,18,19). The van der Waals surface area contributed by atoms with Crippen LogP contribution in [0.25, 0.3) is 11.3 Å². The van der Waals surface area contributed by atoms with E-state index in [0.717, 1.165) is 29.2 Å². The van der Waals surface area contributed by atoms with Crippen LogP contribution in [0.3, 0.4) is 0 Å². The molecule has 0 aliphatic heterocycles. The van der Waals surface area contributed by atoms with Crippen molar-refractivity contribution in [2.45, 2.75) is 13.8 Å². The van der Waals surface area contributed by atoms with Crippen LogP contribution >= 0.6 is 0 Å². The molecule has 1 aromatic heterocycles. The second kappa shape index (κ2) is 7.59. The molecule has 0 bridgehead atoms. The maximum absolute atomic E-state index is 5.77. The number of para-hydroxylation sites is 1. The van der Waals surface area contributed by atoms with Gasteiger partial charge in [-0.05, 0) is 32.0 Å². The van der Waals surface area contributed by atoms with Gasteiger partial charge in [-0.25, -0.2) is 9.97 Å². The highest BCUT2D eigenvalue weighted by molar-refractivity contribution is 5.68. The Hall–Kier alpha value is -2.14. The summed E-state index contributed by atoms with van der Waals surface area (Å²) in [4.78, 5) is 8.92. The maximum atomic E-state index is 5.77. The highest BCUT2D eigenvalue weighted by atomic mass is 16.5. The Morgan fingerprint density at radius 1 is 1.14 bits per heavy atom. The van der Waals surface area contributed by atoms with Gasteiger partial charge in [0.05, 0.1) is 12.3 Å². The molecule has 0 aliphatic carbocycles. The zero-order valence-corrected chi connectivity index (χ0v) is 12.7. The van der Waals surface area contributed by atoms with Crippen molar-refractivity contribution < 1.29 is 9.47 Å². The minimum Gasteiger partial charge on any atom is -0.490 e. The molecule has 5 heteroatoms. The lowest BCUT2D eigenvalue weighted by Gasteiger charge is -2.12. The van der Waals surface area contributed by atoms with Crippen LogP contribution in [0.15, 0.2) is 30.3 Å². The van der Waals surface area contributed by atoms with Gasteiger partial charge in [0.1, 0.15) is 12.4 Å². The number of hydrogen-bond donors (Lipinski definition) is 1. The van der Waals surface area contributed by atoms with Gasteiger partial charge in [0.25, 0.3) is 0 Å². The Morgan fingerprint density at radius 3 is 2.71 bits per heavy atom. The minimum absolute atomic E-state index is 0.512. The summed E-state index contributed by atoms with van der Waals surface area (Å²) in [5.41, 5.74) is 2.73. The molecule has 2 rings (SSSR count). The normalized spacial score (nSPS) is 10.4. The summed E-state index contributed by atoms with van der Waals surface area (Å²) in [5, 5.41) is 3.15. The van der Waals surface area contributed by atoms with Crippen molar-refractivity contribution in [3.63, 3.8) is 0 Å². The zero-order valence-electron chi connectivity index (χ0n) is 12.7. The molecule has 0 fully saturated rings. The van der Waals surface area contributed by atoms with E-state index in [2.05, 4.69) is 15.3 Å². The zero-order chi connectivity index (χ0) is 15.1. The van der Waals surface area contributed by atoms with Gasteiger partial charge in [-0.2, -0.15) is 0 Å². The molecular weight excluding hydrogens is 266 g/mol. The van der Waals surface area contributed by atoms with Crippen LogP contribution in [0.4, 0.5) is 5.95 Å². The summed E-state index contributed by atoms with van der Waals surface area (Å²) >= 11 is 0. The SMILES string of the molecule is CCNc1nc(C)cc(-c2ccccc2OCCOC)n1. The monoisotopic (exact) mass is 287 g/mol. The first kappa shape index (κ1) is 15.3. The van der Waals surface area contributed by atoms with Gasteiger partial charge in [-0.15, -0.1) is 0 Å². The van der Waals surface area contributed by atoms with Gasteiger partial charge < -0.3 is 14.8 Å². The van der Waals surface area contributed by atoms with Crippen LogP contribution in [0.5, 0.6) is 5.75 Å². The summed E-state index contributed by atoms with van der Waals surface area (Å²) < 4.78 is 10.8. The fraction of sp³-hybridized carbons (Fsp3) is 0.375. The van der Waals surface area contributed by atoms with Gasteiger partial charge in [-0.1, -0.05) is 12.1 Å². The van der Waals surface area contributed by atoms with Crippen LogP contribution in [-0.4, -0.2) is 36.8 Å². The maximum Gasteiger partial charge on any atom is 0.223 e. The fourth-order valence-electron chi connectivity index (χ4n) is 1.98. The van der Waals surface area contributed by atoms with E-state index in [1.54, 1.807) is 7.11 Å². The molecule has 0 radical (unpaired) electrons. The predicted molar refractivity (Wildman–Crippen MR) is 83.7 cm³/mol. The van der Waals surface area contributed by atoms with Crippen molar-refractivity contribution in [2.75, 3.05) is 32.2 Å². The van der Waals surface area contributed by atoms with Crippen molar-refractivity contribution in [2.24, 2.45) is 0 Å². The first-order valence-electron chi connectivity index (χ1n) is 7.05. The van der Waals surface area contributed by atoms with Gasteiger partial charge in [0, 0.05) is 24.9 Å². The van der Waals surface area contributed by atoms with Crippen LogP contribution < -0.4 is 10.1 Å². The molecule has 1 aromatic carbocycles. The highest BCUT2D eigenvalue weighted by Crippen LogP contribution is 2.29. The number of anilines is 1. The summed E-state index contributed by atoms with van der Waals surface area (Å²) in [5.74, 6) is 1.44. The summed E-state index contributed by atoms with van der Waals surface area (Å²) in [6.45, 7) is 5.83. The average molecular weight is 287 g/mol. The summed E-state index contributed by atoms with van der Waals surface area (Å²) in [6, 6.07) is 9.82. The van der Waals surface area contributed by atoms with E-state index in [9.17, 15) is 0 Å². The van der Waals surface area contributed by atoms with Gasteiger partial charge >= 0.3 is 0 Å². The van der Waals surface area contributed by atoms with Gasteiger partial charge in [0.2, 0.25) is 5.95 Å². The number of ether oxygens (including phenoxy) is 2. The first-order chi connectivity index (χ1) is 10.2. The van der Waals surface area contributed by atoms with E-state index in [1.165, 1.54) is 0 Å². The second-order valence-electron chi connectivity index (χ2n) is 4.59. The third kappa shape index (κ3) is 4.16. The van der Waals surface area contributed by atoms with Crippen molar-refractivity contribution in [1.29, 1.82) is 0 Å². The minimum atomic E-state index is 0.512. The number of benzene rings is 1. The van der Waals surface area contributed by atoms with E-state index in [0.29, 0.717) is 19.2 Å². The lowest BCUT2D eigenvalue weighted by molar-refractivity contribution is 0.146. The van der Waals surface area contributed by atoms with E-state index in [1.807, 2.05) is 44.2 Å². The average Bonchev–Trinajstić information content (AvgIpc) is 2.48. The Morgan fingerprint density at radius 2 is 1.95 bits per heavy atom. The lowest BCUT2D eigenvalue weighted by Crippen LogP contribution is -2.06. The molecular formula is C16H21N3O2. The summed E-state index contributed by atoms with van der Waals surface area (Å²) in [6.07, 6.45) is 0. The predicted octanol–water partition coefficient (Wildman–Crippen LogP) is 2.91. The number of aromatic nitrogens is 2. The Balaban J connectivity index is 2.32. The van der Waals surface area contributed by atoms with E-state index in [4.69, 9.17) is 9.47 Å². The van der Waals surface area contributed by atoms with Gasteiger partial charge in [0.15, 0.2) is 0 Å². The third-order valence-corrected chi connectivity index (χ3v) is 2.90. The first-order valence-corrected chi connectivity index (χ1v) is 7.05. The number of nitrogens with one attached hydrogen (secondary N) is 1. The van der Waals surface area contributed by atoms with E-state index >= 15 is 0 Å². The van der Waals surface area contributed by atoms with Crippen molar-refractivity contribution >= 4 is 5.95 Å². The molecule has 0 atom stereocenters. The van der Waals surface area contributed by atoms with Crippen molar-refractivity contribution in [3.05, 3.63) is 36.0 Å². The number of hydrogen-bond acceptors (Lipinski definition) is 5. The van der Waals surface area contributed by atoms with Crippen LogP contribution in [0, 0.1) is 6.92 Å². The molecule has 0 spiro atoms. The largest absolute Gasteiger partial charge is 0.490 e. The smallest absolute Gasteiger partial charge is 0.223 e. The molecule has 112 valence electrons. The Labute approximate surface area is 125 Å². The molecule has 0 aliphatic rings. The van der Waals surface area contributed by atoms with E-state index in [-0.39, 0.29) is 0 Å². The third-order valence-electron chi connectivity index (χ3n) is 2.90. The highest BCUT2D eigenvalue weighted by Gasteiger charge is 2.09. The quantitative estimate of drug-likeness (QED) is 0.794. The molecule has 1 N–H and O–H groups in total. The molecule has 0 unspecified atom stereocenters. The van der Waals surface area contributed by atoms with Crippen LogP contribution in [-0.2, 0) is 4.74 Å². The summed E-state index contributed by atoms with van der Waals surface area (Å²) in [7, 11) is 1.66. The molecule has 0 saturated heterocycles. The number of methoxy groups -OCH3 is 1. The molecule has 5 nitrogen and oxygen atoms in total. The van der Waals surface area contributed by atoms with Gasteiger partial charge in [-0.3, -0.25) is 0 Å². The van der Waals surface area contributed by atoms with Crippen LogP contribution in [0.2, 0.25) is 0 Å².